The fourth-order valence-corrected chi connectivity index (χ4v) is 3.25. The molecule has 7 nitrogen and oxygen atoms in total. The zero-order valence-electron chi connectivity index (χ0n) is 16.7. The van der Waals surface area contributed by atoms with Crippen molar-refractivity contribution < 1.29 is 18.7 Å². The van der Waals surface area contributed by atoms with Gasteiger partial charge < -0.3 is 19.4 Å². The second-order valence-electron chi connectivity index (χ2n) is 8.23. The van der Waals surface area contributed by atoms with Gasteiger partial charge in [-0.1, -0.05) is 17.7 Å². The highest BCUT2D eigenvalue weighted by atomic mass is 16.6. The molecule has 7 heteroatoms. The van der Waals surface area contributed by atoms with Gasteiger partial charge in [0.2, 0.25) is 0 Å². The Labute approximate surface area is 163 Å². The zero-order chi connectivity index (χ0) is 20.5. The van der Waals surface area contributed by atoms with Gasteiger partial charge in [0, 0.05) is 19.1 Å². The molecule has 0 spiro atoms. The van der Waals surface area contributed by atoms with E-state index in [0.29, 0.717) is 23.9 Å². The lowest BCUT2D eigenvalue weighted by Crippen LogP contribution is -2.50. The van der Waals surface area contributed by atoms with Crippen molar-refractivity contribution in [2.24, 2.45) is 0 Å². The molecule has 0 radical (unpaired) electrons. The van der Waals surface area contributed by atoms with Crippen LogP contribution >= 0.6 is 0 Å². The summed E-state index contributed by atoms with van der Waals surface area (Å²) in [5.41, 5.74) is -0.160. The summed E-state index contributed by atoms with van der Waals surface area (Å²) < 4.78 is 10.6. The average Bonchev–Trinajstić information content (AvgIpc) is 2.61. The summed E-state index contributed by atoms with van der Waals surface area (Å²) in [6, 6.07) is 6.75. The fourth-order valence-electron chi connectivity index (χ4n) is 3.25. The van der Waals surface area contributed by atoms with Crippen molar-refractivity contribution >= 4 is 22.8 Å². The SMILES string of the molecule is Cc1ccc2cc(C(=O)NC3CCCN(C(=O)OC(C)(C)C)C3)oc(=O)c2c1. The van der Waals surface area contributed by atoms with Crippen molar-refractivity contribution in [1.82, 2.24) is 10.2 Å². The molecule has 2 aromatic rings. The number of amides is 2. The molecule has 28 heavy (non-hydrogen) atoms. The van der Waals surface area contributed by atoms with Gasteiger partial charge in [0.05, 0.1) is 5.39 Å². The van der Waals surface area contributed by atoms with Gasteiger partial charge >= 0.3 is 11.7 Å². The van der Waals surface area contributed by atoms with Crippen LogP contribution in [0.25, 0.3) is 10.8 Å². The minimum Gasteiger partial charge on any atom is -0.444 e. The highest BCUT2D eigenvalue weighted by molar-refractivity contribution is 5.95. The van der Waals surface area contributed by atoms with Crippen LogP contribution in [0, 0.1) is 6.92 Å². The normalized spacial score (nSPS) is 17.4. The molecule has 1 aliphatic heterocycles. The molecule has 150 valence electrons. The number of carbonyl (C=O) groups is 2. The molecule has 0 bridgehead atoms. The lowest BCUT2D eigenvalue weighted by Gasteiger charge is -2.34. The van der Waals surface area contributed by atoms with Crippen LogP contribution < -0.4 is 10.9 Å². The molecule has 1 saturated heterocycles. The number of nitrogens with zero attached hydrogens (tertiary/aromatic N) is 1. The van der Waals surface area contributed by atoms with E-state index in [1.165, 1.54) is 0 Å². The van der Waals surface area contributed by atoms with Gasteiger partial charge in [0.1, 0.15) is 5.60 Å². The summed E-state index contributed by atoms with van der Waals surface area (Å²) in [4.78, 5) is 38.7. The Hall–Kier alpha value is -2.83. The number of fused-ring (bicyclic) bond motifs is 1. The molecule has 1 fully saturated rings. The first-order chi connectivity index (χ1) is 13.1. The van der Waals surface area contributed by atoms with E-state index in [2.05, 4.69) is 5.32 Å². The third-order valence-electron chi connectivity index (χ3n) is 4.55. The predicted octanol–water partition coefficient (Wildman–Crippen LogP) is 3.23. The number of aryl methyl sites for hydroxylation is 1. The van der Waals surface area contributed by atoms with Gasteiger partial charge in [-0.15, -0.1) is 0 Å². The summed E-state index contributed by atoms with van der Waals surface area (Å²) in [5.74, 6) is -0.494. The molecule has 1 atom stereocenters. The molecule has 0 saturated carbocycles. The largest absolute Gasteiger partial charge is 0.444 e. The molecule has 1 N–H and O–H groups in total. The summed E-state index contributed by atoms with van der Waals surface area (Å²) in [5, 5.41) is 3.97. The van der Waals surface area contributed by atoms with Crippen molar-refractivity contribution in [3.05, 3.63) is 46.0 Å². The molecule has 1 aromatic carbocycles. The van der Waals surface area contributed by atoms with Gasteiger partial charge in [0.25, 0.3) is 5.91 Å². The molecule has 3 rings (SSSR count). The smallest absolute Gasteiger partial charge is 0.410 e. The number of carbonyl (C=O) groups excluding carboxylic acids is 2. The van der Waals surface area contributed by atoms with Crippen molar-refractivity contribution in [2.45, 2.75) is 52.2 Å². The number of likely N-dealkylation sites (tertiary alicyclic amines) is 1. The third kappa shape index (κ3) is 4.71. The number of piperidine rings is 1. The Kier molecular flexibility index (Phi) is 5.45. The van der Waals surface area contributed by atoms with Gasteiger partial charge in [-0.2, -0.15) is 0 Å². The van der Waals surface area contributed by atoms with E-state index in [4.69, 9.17) is 9.15 Å². The van der Waals surface area contributed by atoms with Crippen LogP contribution in [0.3, 0.4) is 0 Å². The molecular weight excluding hydrogens is 360 g/mol. The highest BCUT2D eigenvalue weighted by Crippen LogP contribution is 2.17. The van der Waals surface area contributed by atoms with Crippen LogP contribution in [0.5, 0.6) is 0 Å². The number of benzene rings is 1. The van der Waals surface area contributed by atoms with E-state index in [-0.39, 0.29) is 17.9 Å². The quantitative estimate of drug-likeness (QED) is 0.856. The minimum atomic E-state index is -0.569. The van der Waals surface area contributed by atoms with Crippen LogP contribution in [0.4, 0.5) is 4.79 Å². The van der Waals surface area contributed by atoms with E-state index >= 15 is 0 Å². The Morgan fingerprint density at radius 2 is 2.00 bits per heavy atom. The zero-order valence-corrected chi connectivity index (χ0v) is 16.7. The monoisotopic (exact) mass is 386 g/mol. The van der Waals surface area contributed by atoms with Crippen LogP contribution in [0.2, 0.25) is 0 Å². The van der Waals surface area contributed by atoms with E-state index in [9.17, 15) is 14.4 Å². The van der Waals surface area contributed by atoms with Crippen LogP contribution in [-0.4, -0.2) is 41.6 Å². The number of hydrogen-bond acceptors (Lipinski definition) is 5. The average molecular weight is 386 g/mol. The molecule has 2 amide bonds. The Bertz CT molecular complexity index is 957. The van der Waals surface area contributed by atoms with Gasteiger partial charge in [-0.05, 0) is 58.1 Å². The maximum absolute atomic E-state index is 12.6. The minimum absolute atomic E-state index is 0.0317. The predicted molar refractivity (Wildman–Crippen MR) is 106 cm³/mol. The molecule has 0 aliphatic carbocycles. The molecule has 2 heterocycles. The summed E-state index contributed by atoms with van der Waals surface area (Å²) >= 11 is 0. The van der Waals surface area contributed by atoms with Gasteiger partial charge in [-0.3, -0.25) is 4.79 Å². The maximum Gasteiger partial charge on any atom is 0.410 e. The maximum atomic E-state index is 12.6. The molecule has 1 aromatic heterocycles. The van der Waals surface area contributed by atoms with Crippen molar-refractivity contribution in [1.29, 1.82) is 0 Å². The molecular formula is C21H26N2O5. The van der Waals surface area contributed by atoms with Crippen LogP contribution in [-0.2, 0) is 4.74 Å². The molecule has 1 aliphatic rings. The van der Waals surface area contributed by atoms with Crippen molar-refractivity contribution in [3.63, 3.8) is 0 Å². The number of hydrogen-bond donors (Lipinski definition) is 1. The standard InChI is InChI=1S/C21H26N2O5/c1-13-7-8-14-11-17(27-19(25)16(14)10-13)18(24)22-15-6-5-9-23(12-15)20(26)28-21(2,3)4/h7-8,10-11,15H,5-6,9,12H2,1-4H3,(H,22,24). The first kappa shape index (κ1) is 19.9. The first-order valence-electron chi connectivity index (χ1n) is 9.46. The van der Waals surface area contributed by atoms with E-state index in [1.807, 2.05) is 33.8 Å². The number of rotatable bonds is 2. The highest BCUT2D eigenvalue weighted by Gasteiger charge is 2.29. The number of ether oxygens (including phenoxy) is 1. The fraction of sp³-hybridized carbons (Fsp3) is 0.476. The van der Waals surface area contributed by atoms with Crippen LogP contribution in [0.1, 0.15) is 49.7 Å². The summed E-state index contributed by atoms with van der Waals surface area (Å²) in [6.07, 6.45) is 1.10. The first-order valence-corrected chi connectivity index (χ1v) is 9.46. The van der Waals surface area contributed by atoms with Crippen molar-refractivity contribution in [3.8, 4) is 0 Å². The van der Waals surface area contributed by atoms with Crippen LogP contribution in [0.15, 0.2) is 33.5 Å². The van der Waals surface area contributed by atoms with E-state index in [1.54, 1.807) is 23.1 Å². The van der Waals surface area contributed by atoms with Gasteiger partial charge in [0.15, 0.2) is 5.76 Å². The van der Waals surface area contributed by atoms with Gasteiger partial charge in [-0.25, -0.2) is 9.59 Å². The topological polar surface area (TPSA) is 88.8 Å². The van der Waals surface area contributed by atoms with E-state index in [0.717, 1.165) is 18.4 Å². The lowest BCUT2D eigenvalue weighted by molar-refractivity contribution is 0.0185. The van der Waals surface area contributed by atoms with E-state index < -0.39 is 17.1 Å². The third-order valence-corrected chi connectivity index (χ3v) is 4.55. The second-order valence-corrected chi connectivity index (χ2v) is 8.23. The number of nitrogens with one attached hydrogen (secondary N) is 1. The summed E-state index contributed by atoms with van der Waals surface area (Å²) in [6.45, 7) is 8.29. The molecule has 1 unspecified atom stereocenters. The van der Waals surface area contributed by atoms with Crippen molar-refractivity contribution in [2.75, 3.05) is 13.1 Å². The Balaban J connectivity index is 1.70. The Morgan fingerprint density at radius 3 is 2.71 bits per heavy atom. The summed E-state index contributed by atoms with van der Waals surface area (Å²) in [7, 11) is 0. The Morgan fingerprint density at radius 1 is 1.25 bits per heavy atom. The second kappa shape index (κ2) is 7.66. The lowest BCUT2D eigenvalue weighted by atomic mass is 10.1.